The molecule has 0 unspecified atom stereocenters. The average molecular weight is 289 g/mol. The summed E-state index contributed by atoms with van der Waals surface area (Å²) in [6.07, 6.45) is 0.804. The summed E-state index contributed by atoms with van der Waals surface area (Å²) in [5.74, 6) is -0.419. The number of piperazine rings is 1. The molecule has 1 aliphatic rings. The highest BCUT2D eigenvalue weighted by Gasteiger charge is 2.24. The highest BCUT2D eigenvalue weighted by Crippen LogP contribution is 2.23. The highest BCUT2D eigenvalue weighted by molar-refractivity contribution is 6.01. The Kier molecular flexibility index (Phi) is 3.37. The lowest BCUT2D eigenvalue weighted by atomic mass is 10.1. The number of benzene rings is 1. The Morgan fingerprint density at radius 2 is 2.00 bits per heavy atom. The molecular weight excluding hydrogens is 273 g/mol. The number of carbonyl (C=O) groups is 2. The van der Waals surface area contributed by atoms with Crippen LogP contribution in [0.25, 0.3) is 10.9 Å². The van der Waals surface area contributed by atoms with Crippen LogP contribution in [-0.2, 0) is 4.79 Å². The molecule has 1 aromatic carbocycles. The van der Waals surface area contributed by atoms with Crippen LogP contribution < -0.4 is 0 Å². The van der Waals surface area contributed by atoms with Crippen LogP contribution in [0.3, 0.4) is 0 Å². The van der Waals surface area contributed by atoms with Gasteiger partial charge in [0, 0.05) is 37.1 Å². The number of H-pyrrole nitrogens is 1. The zero-order valence-electron chi connectivity index (χ0n) is 11.7. The van der Waals surface area contributed by atoms with Crippen molar-refractivity contribution in [2.75, 3.05) is 26.2 Å². The first kappa shape index (κ1) is 13.6. The van der Waals surface area contributed by atoms with Gasteiger partial charge in [0.15, 0.2) is 0 Å². The molecule has 110 valence electrons. The zero-order valence-corrected chi connectivity index (χ0v) is 11.7. The molecule has 21 heavy (non-hydrogen) atoms. The number of hydrogen-bond acceptors (Lipinski definition) is 2. The van der Waals surface area contributed by atoms with Gasteiger partial charge in [0.2, 0.25) is 6.41 Å². The van der Waals surface area contributed by atoms with Crippen LogP contribution in [0.1, 0.15) is 16.1 Å². The number of amides is 2. The Bertz CT molecular complexity index is 702. The van der Waals surface area contributed by atoms with Crippen LogP contribution in [0, 0.1) is 12.7 Å². The number of aromatic nitrogens is 1. The van der Waals surface area contributed by atoms with Crippen molar-refractivity contribution >= 4 is 23.2 Å². The van der Waals surface area contributed by atoms with Crippen LogP contribution in [0.2, 0.25) is 0 Å². The van der Waals surface area contributed by atoms with E-state index in [2.05, 4.69) is 4.98 Å². The Hall–Kier alpha value is -2.37. The fourth-order valence-electron chi connectivity index (χ4n) is 2.70. The third-order valence-corrected chi connectivity index (χ3v) is 3.98. The Morgan fingerprint density at radius 1 is 1.29 bits per heavy atom. The lowest BCUT2D eigenvalue weighted by Gasteiger charge is -2.32. The van der Waals surface area contributed by atoms with Gasteiger partial charge in [-0.1, -0.05) is 0 Å². The van der Waals surface area contributed by atoms with E-state index in [0.717, 1.165) is 22.9 Å². The standard InChI is InChI=1S/C15H16FN3O2/c1-10-12-8-11(16)2-3-13(12)17-14(10)15(21)19-6-4-18(9-20)5-7-19/h2-3,8-9,17H,4-7H2,1H3. The molecule has 5 nitrogen and oxygen atoms in total. The van der Waals surface area contributed by atoms with Crippen molar-refractivity contribution in [3.63, 3.8) is 0 Å². The van der Waals surface area contributed by atoms with Gasteiger partial charge >= 0.3 is 0 Å². The predicted molar refractivity (Wildman–Crippen MR) is 76.5 cm³/mol. The maximum atomic E-state index is 13.3. The molecule has 1 N–H and O–H groups in total. The number of hydrogen-bond donors (Lipinski definition) is 1. The Balaban J connectivity index is 1.88. The normalized spacial score (nSPS) is 15.5. The van der Waals surface area contributed by atoms with E-state index < -0.39 is 0 Å². The number of aryl methyl sites for hydroxylation is 1. The molecule has 3 rings (SSSR count). The van der Waals surface area contributed by atoms with Gasteiger partial charge < -0.3 is 14.8 Å². The molecule has 0 bridgehead atoms. The maximum Gasteiger partial charge on any atom is 0.270 e. The number of fused-ring (bicyclic) bond motifs is 1. The van der Waals surface area contributed by atoms with E-state index in [1.807, 2.05) is 6.92 Å². The smallest absolute Gasteiger partial charge is 0.270 e. The fraction of sp³-hybridized carbons (Fsp3) is 0.333. The van der Waals surface area contributed by atoms with Crippen LogP contribution in [0.5, 0.6) is 0 Å². The van der Waals surface area contributed by atoms with Crippen LogP contribution in [0.15, 0.2) is 18.2 Å². The summed E-state index contributed by atoms with van der Waals surface area (Å²) in [4.78, 5) is 29.7. The van der Waals surface area contributed by atoms with Crippen LogP contribution >= 0.6 is 0 Å². The molecule has 1 fully saturated rings. The van der Waals surface area contributed by atoms with Crippen molar-refractivity contribution in [3.05, 3.63) is 35.3 Å². The molecule has 1 aliphatic heterocycles. The van der Waals surface area contributed by atoms with Crippen molar-refractivity contribution in [2.45, 2.75) is 6.92 Å². The van der Waals surface area contributed by atoms with E-state index in [4.69, 9.17) is 0 Å². The summed E-state index contributed by atoms with van der Waals surface area (Å²) in [5.41, 5.74) is 2.01. The van der Waals surface area contributed by atoms with E-state index in [0.29, 0.717) is 31.9 Å². The number of aromatic amines is 1. The zero-order chi connectivity index (χ0) is 15.0. The quantitative estimate of drug-likeness (QED) is 0.852. The highest BCUT2D eigenvalue weighted by atomic mass is 19.1. The van der Waals surface area contributed by atoms with Crippen molar-refractivity contribution in [2.24, 2.45) is 0 Å². The molecule has 0 saturated carbocycles. The van der Waals surface area contributed by atoms with Gasteiger partial charge in [-0.05, 0) is 30.7 Å². The van der Waals surface area contributed by atoms with Crippen molar-refractivity contribution in [1.82, 2.24) is 14.8 Å². The van der Waals surface area contributed by atoms with Gasteiger partial charge in [0.1, 0.15) is 11.5 Å². The topological polar surface area (TPSA) is 56.4 Å². The third-order valence-electron chi connectivity index (χ3n) is 3.98. The average Bonchev–Trinajstić information content (AvgIpc) is 2.83. The second-order valence-electron chi connectivity index (χ2n) is 5.25. The maximum absolute atomic E-state index is 13.3. The molecule has 2 heterocycles. The predicted octanol–water partition coefficient (Wildman–Crippen LogP) is 1.53. The molecule has 0 aliphatic carbocycles. The lowest BCUT2D eigenvalue weighted by Crippen LogP contribution is -2.48. The number of rotatable bonds is 2. The molecule has 0 radical (unpaired) electrons. The minimum Gasteiger partial charge on any atom is -0.350 e. The first-order valence-electron chi connectivity index (χ1n) is 6.86. The second kappa shape index (κ2) is 5.20. The molecular formula is C15H16FN3O2. The van der Waals surface area contributed by atoms with Gasteiger partial charge in [-0.25, -0.2) is 4.39 Å². The third kappa shape index (κ3) is 2.37. The van der Waals surface area contributed by atoms with E-state index in [9.17, 15) is 14.0 Å². The largest absolute Gasteiger partial charge is 0.350 e. The summed E-state index contributed by atoms with van der Waals surface area (Å²) in [6, 6.07) is 4.44. The summed E-state index contributed by atoms with van der Waals surface area (Å²) >= 11 is 0. The summed E-state index contributed by atoms with van der Waals surface area (Å²) in [5, 5.41) is 0.727. The molecule has 1 aromatic heterocycles. The van der Waals surface area contributed by atoms with Gasteiger partial charge in [-0.2, -0.15) is 0 Å². The number of carbonyl (C=O) groups excluding carboxylic acids is 2. The lowest BCUT2D eigenvalue weighted by molar-refractivity contribution is -0.119. The van der Waals surface area contributed by atoms with Gasteiger partial charge in [0.25, 0.3) is 5.91 Å². The van der Waals surface area contributed by atoms with Gasteiger partial charge in [0.05, 0.1) is 0 Å². The molecule has 0 spiro atoms. The molecule has 6 heteroatoms. The van der Waals surface area contributed by atoms with E-state index >= 15 is 0 Å². The number of nitrogens with one attached hydrogen (secondary N) is 1. The van der Waals surface area contributed by atoms with Gasteiger partial charge in [-0.3, -0.25) is 9.59 Å². The summed E-state index contributed by atoms with van der Waals surface area (Å²) in [6.45, 7) is 3.93. The van der Waals surface area contributed by atoms with Gasteiger partial charge in [-0.15, -0.1) is 0 Å². The van der Waals surface area contributed by atoms with E-state index in [1.54, 1.807) is 15.9 Å². The van der Waals surface area contributed by atoms with Crippen molar-refractivity contribution < 1.29 is 14.0 Å². The molecule has 2 amide bonds. The molecule has 0 atom stereocenters. The SMILES string of the molecule is Cc1c(C(=O)N2CCN(C=O)CC2)[nH]c2ccc(F)cc12. The monoisotopic (exact) mass is 289 g/mol. The minimum atomic E-state index is -0.316. The van der Waals surface area contributed by atoms with Crippen molar-refractivity contribution in [3.8, 4) is 0 Å². The molecule has 1 saturated heterocycles. The van der Waals surface area contributed by atoms with Crippen molar-refractivity contribution in [1.29, 1.82) is 0 Å². The fourth-order valence-corrected chi connectivity index (χ4v) is 2.70. The first-order valence-corrected chi connectivity index (χ1v) is 6.86. The Morgan fingerprint density at radius 3 is 2.67 bits per heavy atom. The van der Waals surface area contributed by atoms with E-state index in [-0.39, 0.29) is 11.7 Å². The molecule has 2 aromatic rings. The Labute approximate surface area is 121 Å². The van der Waals surface area contributed by atoms with Crippen LogP contribution in [0.4, 0.5) is 4.39 Å². The van der Waals surface area contributed by atoms with E-state index in [1.165, 1.54) is 12.1 Å². The summed E-state index contributed by atoms with van der Waals surface area (Å²) < 4.78 is 13.3. The minimum absolute atomic E-state index is 0.102. The second-order valence-corrected chi connectivity index (χ2v) is 5.25. The van der Waals surface area contributed by atoms with Crippen LogP contribution in [-0.4, -0.2) is 53.3 Å². The summed E-state index contributed by atoms with van der Waals surface area (Å²) in [7, 11) is 0. The first-order chi connectivity index (χ1) is 10.1. The number of halogens is 1. The number of nitrogens with zero attached hydrogens (tertiary/aromatic N) is 2.